The number of nitrogens with two attached hydrogens (primary N) is 1. The number of rotatable bonds is 2. The van der Waals surface area contributed by atoms with Crippen LogP contribution in [0.2, 0.25) is 0 Å². The van der Waals surface area contributed by atoms with Crippen LogP contribution in [-0.2, 0) is 12.1 Å². The third-order valence-corrected chi connectivity index (χ3v) is 2.17. The van der Waals surface area contributed by atoms with Gasteiger partial charge in [0, 0.05) is 17.6 Å². The molecule has 0 aliphatic carbocycles. The minimum absolute atomic E-state index is 0.604. The van der Waals surface area contributed by atoms with Gasteiger partial charge in [-0.25, -0.2) is 13.8 Å². The van der Waals surface area contributed by atoms with E-state index in [4.69, 9.17) is 17.3 Å². The molecule has 0 atom stereocenters. The highest BCUT2D eigenvalue weighted by molar-refractivity contribution is 6.17. The van der Waals surface area contributed by atoms with Gasteiger partial charge in [-0.05, 0) is 5.56 Å². The lowest BCUT2D eigenvalue weighted by molar-refractivity contribution is -0.137. The van der Waals surface area contributed by atoms with Crippen LogP contribution in [0.25, 0.3) is 0 Å². The van der Waals surface area contributed by atoms with Gasteiger partial charge < -0.3 is 5.73 Å². The zero-order valence-electron chi connectivity index (χ0n) is 7.65. The summed E-state index contributed by atoms with van der Waals surface area (Å²) in [5.74, 6) is -1.56. The number of halogens is 6. The molecule has 90 valence electrons. The van der Waals surface area contributed by atoms with Gasteiger partial charge in [0.25, 0.3) is 6.43 Å². The Morgan fingerprint density at radius 3 is 2.31 bits per heavy atom. The average Bonchev–Trinajstić information content (AvgIpc) is 2.14. The Hall–Kier alpha value is -1.11. The molecule has 0 amide bonds. The maximum atomic E-state index is 12.5. The number of pyridine rings is 1. The molecule has 0 bridgehead atoms. The molecule has 0 aromatic carbocycles. The summed E-state index contributed by atoms with van der Waals surface area (Å²) in [6.45, 7) is 0. The van der Waals surface area contributed by atoms with E-state index in [0.717, 1.165) is 0 Å². The van der Waals surface area contributed by atoms with Crippen LogP contribution in [0.5, 0.6) is 0 Å². The molecule has 2 N–H and O–H groups in total. The molecule has 0 spiro atoms. The largest absolute Gasteiger partial charge is 0.420 e. The SMILES string of the molecule is Nc1ncc(C(F)F)c(CCl)c1C(F)(F)F. The Labute approximate surface area is 92.2 Å². The maximum Gasteiger partial charge on any atom is 0.420 e. The number of nitrogen functional groups attached to an aromatic ring is 1. The second-order valence-corrected chi connectivity index (χ2v) is 3.15. The number of nitrogens with zero attached hydrogens (tertiary/aromatic N) is 1. The highest BCUT2D eigenvalue weighted by Gasteiger charge is 2.38. The monoisotopic (exact) mass is 260 g/mol. The van der Waals surface area contributed by atoms with Gasteiger partial charge in [0.2, 0.25) is 0 Å². The van der Waals surface area contributed by atoms with Crippen molar-refractivity contribution < 1.29 is 22.0 Å². The molecule has 0 fully saturated rings. The van der Waals surface area contributed by atoms with Gasteiger partial charge >= 0.3 is 6.18 Å². The smallest absolute Gasteiger partial charge is 0.383 e. The minimum atomic E-state index is -4.85. The molecule has 2 nitrogen and oxygen atoms in total. The summed E-state index contributed by atoms with van der Waals surface area (Å²) in [6, 6.07) is 0. The molecule has 1 rings (SSSR count). The second kappa shape index (κ2) is 4.40. The summed E-state index contributed by atoms with van der Waals surface area (Å²) in [5, 5.41) is 0. The minimum Gasteiger partial charge on any atom is -0.383 e. The molecule has 0 radical (unpaired) electrons. The third kappa shape index (κ3) is 2.34. The van der Waals surface area contributed by atoms with Crippen LogP contribution in [0.4, 0.5) is 27.8 Å². The standard InChI is InChI=1S/C8H6ClF5N2/c9-1-3-4(6(10)11)2-16-7(15)5(3)8(12,13)14/h2,6H,1H2,(H2,15,16). The Balaban J connectivity index is 3.51. The van der Waals surface area contributed by atoms with E-state index in [2.05, 4.69) is 4.98 Å². The normalized spacial score (nSPS) is 12.2. The van der Waals surface area contributed by atoms with Crippen molar-refractivity contribution in [3.8, 4) is 0 Å². The topological polar surface area (TPSA) is 38.9 Å². The van der Waals surface area contributed by atoms with Crippen LogP contribution < -0.4 is 5.73 Å². The molecule has 0 unspecified atom stereocenters. The zero-order valence-corrected chi connectivity index (χ0v) is 8.41. The highest BCUT2D eigenvalue weighted by atomic mass is 35.5. The van der Waals surface area contributed by atoms with E-state index >= 15 is 0 Å². The van der Waals surface area contributed by atoms with E-state index in [9.17, 15) is 22.0 Å². The molecule has 16 heavy (non-hydrogen) atoms. The van der Waals surface area contributed by atoms with E-state index in [0.29, 0.717) is 6.20 Å². The molecule has 0 aliphatic rings. The first-order valence-electron chi connectivity index (χ1n) is 3.97. The lowest BCUT2D eigenvalue weighted by Crippen LogP contribution is -2.15. The molecule has 1 heterocycles. The van der Waals surface area contributed by atoms with Crippen LogP contribution in [0.15, 0.2) is 6.20 Å². The Kier molecular flexibility index (Phi) is 3.57. The fraction of sp³-hybridized carbons (Fsp3) is 0.375. The van der Waals surface area contributed by atoms with Gasteiger partial charge in [-0.2, -0.15) is 13.2 Å². The molecular formula is C8H6ClF5N2. The van der Waals surface area contributed by atoms with Gasteiger partial charge in [0.05, 0.1) is 0 Å². The molecule has 0 saturated heterocycles. The van der Waals surface area contributed by atoms with Gasteiger partial charge in [0.15, 0.2) is 0 Å². The number of hydrogen-bond acceptors (Lipinski definition) is 2. The van der Waals surface area contributed by atoms with Crippen molar-refractivity contribution in [1.82, 2.24) is 4.98 Å². The van der Waals surface area contributed by atoms with Gasteiger partial charge in [-0.1, -0.05) is 0 Å². The Morgan fingerprint density at radius 1 is 1.38 bits per heavy atom. The molecular weight excluding hydrogens is 255 g/mol. The summed E-state index contributed by atoms with van der Waals surface area (Å²) < 4.78 is 62.4. The van der Waals surface area contributed by atoms with Crippen molar-refractivity contribution in [2.24, 2.45) is 0 Å². The van der Waals surface area contributed by atoms with E-state index in [1.165, 1.54) is 0 Å². The number of aromatic nitrogens is 1. The van der Waals surface area contributed by atoms with Gasteiger partial charge in [-0.15, -0.1) is 11.6 Å². The number of anilines is 1. The molecule has 1 aromatic rings. The molecule has 0 aliphatic heterocycles. The van der Waals surface area contributed by atoms with E-state index in [1.54, 1.807) is 0 Å². The predicted molar refractivity (Wildman–Crippen MR) is 48.2 cm³/mol. The summed E-state index contributed by atoms with van der Waals surface area (Å²) >= 11 is 5.24. The maximum absolute atomic E-state index is 12.5. The van der Waals surface area contributed by atoms with Crippen LogP contribution in [0.3, 0.4) is 0 Å². The zero-order chi connectivity index (χ0) is 12.5. The van der Waals surface area contributed by atoms with Crippen LogP contribution in [0.1, 0.15) is 23.1 Å². The first-order valence-corrected chi connectivity index (χ1v) is 4.51. The van der Waals surface area contributed by atoms with E-state index < -0.39 is 41.0 Å². The molecule has 0 saturated carbocycles. The first kappa shape index (κ1) is 13.0. The van der Waals surface area contributed by atoms with Crippen LogP contribution in [0, 0.1) is 0 Å². The van der Waals surface area contributed by atoms with Crippen molar-refractivity contribution in [3.05, 3.63) is 22.9 Å². The number of alkyl halides is 6. The summed E-state index contributed by atoms with van der Waals surface area (Å²) in [7, 11) is 0. The van der Waals surface area contributed by atoms with E-state index in [1.807, 2.05) is 0 Å². The Morgan fingerprint density at radius 2 is 1.94 bits per heavy atom. The van der Waals surface area contributed by atoms with Gasteiger partial charge in [0.1, 0.15) is 11.4 Å². The van der Waals surface area contributed by atoms with Crippen molar-refractivity contribution in [2.45, 2.75) is 18.5 Å². The summed E-state index contributed by atoms with van der Waals surface area (Å²) in [4.78, 5) is 3.09. The summed E-state index contributed by atoms with van der Waals surface area (Å²) in [6.07, 6.45) is -7.33. The fourth-order valence-electron chi connectivity index (χ4n) is 1.23. The highest BCUT2D eigenvalue weighted by Crippen LogP contribution is 2.39. The second-order valence-electron chi connectivity index (χ2n) is 2.88. The number of hydrogen-bond donors (Lipinski definition) is 1. The van der Waals surface area contributed by atoms with Gasteiger partial charge in [-0.3, -0.25) is 0 Å². The lowest BCUT2D eigenvalue weighted by atomic mass is 10.0. The van der Waals surface area contributed by atoms with Crippen LogP contribution in [-0.4, -0.2) is 4.98 Å². The lowest BCUT2D eigenvalue weighted by Gasteiger charge is -2.16. The predicted octanol–water partition coefficient (Wildman–Crippen LogP) is 3.36. The van der Waals surface area contributed by atoms with Crippen molar-refractivity contribution >= 4 is 17.4 Å². The van der Waals surface area contributed by atoms with Crippen molar-refractivity contribution in [2.75, 3.05) is 5.73 Å². The molecule has 1 aromatic heterocycles. The van der Waals surface area contributed by atoms with E-state index in [-0.39, 0.29) is 0 Å². The quantitative estimate of drug-likeness (QED) is 0.654. The van der Waals surface area contributed by atoms with Crippen molar-refractivity contribution in [1.29, 1.82) is 0 Å². The fourth-order valence-corrected chi connectivity index (χ4v) is 1.52. The first-order chi connectivity index (χ1) is 7.29. The average molecular weight is 261 g/mol. The van der Waals surface area contributed by atoms with Crippen molar-refractivity contribution in [3.63, 3.8) is 0 Å². The molecule has 8 heteroatoms. The van der Waals surface area contributed by atoms with Crippen LogP contribution >= 0.6 is 11.6 Å². The third-order valence-electron chi connectivity index (χ3n) is 1.90. The Bertz CT molecular complexity index is 391. The summed E-state index contributed by atoms with van der Waals surface area (Å²) in [5.41, 5.74) is 2.05.